The van der Waals surface area contributed by atoms with Crippen LogP contribution in [-0.2, 0) is 14.3 Å². The number of hydrogen-bond acceptors (Lipinski definition) is 4. The first kappa shape index (κ1) is 12.6. The van der Waals surface area contributed by atoms with Crippen LogP contribution >= 0.6 is 0 Å². The first-order valence-corrected chi connectivity index (χ1v) is 6.29. The lowest BCUT2D eigenvalue weighted by atomic mass is 9.53. The number of ketones is 1. The van der Waals surface area contributed by atoms with E-state index in [4.69, 9.17) is 4.74 Å². The number of esters is 1. The molecule has 3 atom stereocenters. The summed E-state index contributed by atoms with van der Waals surface area (Å²) in [5.41, 5.74) is -1.96. The first-order chi connectivity index (χ1) is 7.95. The summed E-state index contributed by atoms with van der Waals surface area (Å²) in [7, 11) is 1.34. The van der Waals surface area contributed by atoms with Gasteiger partial charge in [-0.3, -0.25) is 9.59 Å². The van der Waals surface area contributed by atoms with E-state index in [0.29, 0.717) is 32.1 Å². The van der Waals surface area contributed by atoms with Crippen molar-refractivity contribution >= 4 is 11.8 Å². The molecule has 4 nitrogen and oxygen atoms in total. The highest BCUT2D eigenvalue weighted by Gasteiger charge is 2.61. The van der Waals surface area contributed by atoms with E-state index in [2.05, 4.69) is 0 Å². The Morgan fingerprint density at radius 2 is 2.12 bits per heavy atom. The highest BCUT2D eigenvalue weighted by Crippen LogP contribution is 2.53. The molecule has 4 heteroatoms. The van der Waals surface area contributed by atoms with Gasteiger partial charge in [-0.25, -0.2) is 0 Å². The number of ether oxygens (including phenoxy) is 1. The lowest BCUT2D eigenvalue weighted by Gasteiger charge is -2.53. The molecular weight excluding hydrogens is 220 g/mol. The molecule has 2 aliphatic carbocycles. The molecule has 2 aliphatic rings. The highest BCUT2D eigenvalue weighted by molar-refractivity contribution is 5.88. The van der Waals surface area contributed by atoms with E-state index in [1.165, 1.54) is 7.11 Å². The molecule has 0 amide bonds. The van der Waals surface area contributed by atoms with Gasteiger partial charge in [0.05, 0.1) is 24.0 Å². The van der Waals surface area contributed by atoms with Gasteiger partial charge in [-0.05, 0) is 32.6 Å². The maximum Gasteiger partial charge on any atom is 0.311 e. The van der Waals surface area contributed by atoms with Crippen LogP contribution in [0.5, 0.6) is 0 Å². The van der Waals surface area contributed by atoms with Gasteiger partial charge in [-0.2, -0.15) is 0 Å². The van der Waals surface area contributed by atoms with Gasteiger partial charge in [0.2, 0.25) is 0 Å². The highest BCUT2D eigenvalue weighted by atomic mass is 16.5. The summed E-state index contributed by atoms with van der Waals surface area (Å²) in [4.78, 5) is 23.9. The molecule has 0 heterocycles. The van der Waals surface area contributed by atoms with E-state index in [0.717, 1.165) is 6.42 Å². The van der Waals surface area contributed by atoms with Crippen molar-refractivity contribution in [1.29, 1.82) is 0 Å². The van der Waals surface area contributed by atoms with E-state index in [-0.39, 0.29) is 11.8 Å². The van der Waals surface area contributed by atoms with Gasteiger partial charge in [0.15, 0.2) is 0 Å². The number of carbonyl (C=O) groups is 2. The fourth-order valence-corrected chi connectivity index (χ4v) is 3.58. The number of rotatable bonds is 1. The summed E-state index contributed by atoms with van der Waals surface area (Å²) in [5.74, 6) is -0.830. The Labute approximate surface area is 101 Å². The molecule has 17 heavy (non-hydrogen) atoms. The molecule has 0 bridgehead atoms. The smallest absolute Gasteiger partial charge is 0.311 e. The van der Waals surface area contributed by atoms with Gasteiger partial charge in [0.25, 0.3) is 0 Å². The molecule has 0 aromatic rings. The molecule has 0 radical (unpaired) electrons. The van der Waals surface area contributed by atoms with E-state index in [1.807, 2.05) is 6.92 Å². The van der Waals surface area contributed by atoms with Crippen LogP contribution in [0.1, 0.15) is 45.4 Å². The Morgan fingerprint density at radius 3 is 2.76 bits per heavy atom. The van der Waals surface area contributed by atoms with Crippen LogP contribution in [0.2, 0.25) is 0 Å². The SMILES string of the molecule is COC(=O)C1CCCC2(C)C(=O)CCCC12O. The van der Waals surface area contributed by atoms with Crippen molar-refractivity contribution < 1.29 is 19.4 Å². The van der Waals surface area contributed by atoms with Crippen LogP contribution in [-0.4, -0.2) is 29.6 Å². The summed E-state index contributed by atoms with van der Waals surface area (Å²) >= 11 is 0. The van der Waals surface area contributed by atoms with Gasteiger partial charge in [-0.1, -0.05) is 6.42 Å². The molecule has 0 aromatic heterocycles. The minimum absolute atomic E-state index is 0.0971. The second-order valence-electron chi connectivity index (χ2n) is 5.50. The Balaban J connectivity index is 2.39. The first-order valence-electron chi connectivity index (χ1n) is 6.29. The maximum absolute atomic E-state index is 12.1. The zero-order valence-corrected chi connectivity index (χ0v) is 10.5. The fraction of sp³-hybridized carbons (Fsp3) is 0.846. The molecule has 2 fully saturated rings. The van der Waals surface area contributed by atoms with Crippen molar-refractivity contribution in [3.8, 4) is 0 Å². The average molecular weight is 240 g/mol. The van der Waals surface area contributed by atoms with Crippen molar-refractivity contribution in [3.63, 3.8) is 0 Å². The van der Waals surface area contributed by atoms with Crippen LogP contribution in [0.15, 0.2) is 0 Å². The minimum atomic E-state index is -1.20. The van der Waals surface area contributed by atoms with Gasteiger partial charge in [0, 0.05) is 6.42 Å². The molecule has 1 N–H and O–H groups in total. The number of hydrogen-bond donors (Lipinski definition) is 1. The quantitative estimate of drug-likeness (QED) is 0.705. The third kappa shape index (κ3) is 1.61. The van der Waals surface area contributed by atoms with Crippen LogP contribution < -0.4 is 0 Å². The Bertz CT molecular complexity index is 351. The summed E-state index contributed by atoms with van der Waals surface area (Å²) in [6.07, 6.45) is 3.80. The van der Waals surface area contributed by atoms with E-state index < -0.39 is 16.9 Å². The maximum atomic E-state index is 12.1. The van der Waals surface area contributed by atoms with Crippen molar-refractivity contribution in [2.75, 3.05) is 7.11 Å². The Hall–Kier alpha value is -0.900. The molecule has 2 rings (SSSR count). The second kappa shape index (κ2) is 4.09. The second-order valence-corrected chi connectivity index (χ2v) is 5.50. The number of Topliss-reactive ketones (excluding diaryl/α,β-unsaturated/α-hetero) is 1. The molecule has 0 spiro atoms. The molecular formula is C13H20O4. The molecule has 0 saturated heterocycles. The Kier molecular flexibility index (Phi) is 3.02. The summed E-state index contributed by atoms with van der Waals surface area (Å²) in [6, 6.07) is 0. The monoisotopic (exact) mass is 240 g/mol. The lowest BCUT2D eigenvalue weighted by molar-refractivity contribution is -0.193. The van der Waals surface area contributed by atoms with Crippen LogP contribution in [0.25, 0.3) is 0 Å². The number of fused-ring (bicyclic) bond motifs is 1. The van der Waals surface area contributed by atoms with Crippen molar-refractivity contribution in [1.82, 2.24) is 0 Å². The van der Waals surface area contributed by atoms with Gasteiger partial charge in [0.1, 0.15) is 5.78 Å². The zero-order chi connectivity index (χ0) is 12.7. The average Bonchev–Trinajstić information content (AvgIpc) is 2.30. The summed E-state index contributed by atoms with van der Waals surface area (Å²) in [5, 5.41) is 10.9. The Morgan fingerprint density at radius 1 is 1.41 bits per heavy atom. The number of carbonyl (C=O) groups excluding carboxylic acids is 2. The number of aliphatic hydroxyl groups is 1. The summed E-state index contributed by atoms with van der Waals surface area (Å²) < 4.78 is 4.77. The normalized spacial score (nSPS) is 41.8. The minimum Gasteiger partial charge on any atom is -0.469 e. The van der Waals surface area contributed by atoms with Crippen LogP contribution in [0.4, 0.5) is 0 Å². The standard InChI is InChI=1S/C13H20O4/c1-12-7-3-5-9(11(15)17-2)13(12,16)8-4-6-10(12)14/h9,16H,3-8H2,1-2H3. The predicted molar refractivity (Wildman–Crippen MR) is 61.3 cm³/mol. The topological polar surface area (TPSA) is 63.6 Å². The van der Waals surface area contributed by atoms with E-state index in [1.54, 1.807) is 0 Å². The molecule has 2 saturated carbocycles. The van der Waals surface area contributed by atoms with Gasteiger partial charge >= 0.3 is 5.97 Å². The third-order valence-electron chi connectivity index (χ3n) is 4.76. The van der Waals surface area contributed by atoms with Gasteiger partial charge in [-0.15, -0.1) is 0 Å². The van der Waals surface area contributed by atoms with E-state index in [9.17, 15) is 14.7 Å². The van der Waals surface area contributed by atoms with E-state index >= 15 is 0 Å². The number of methoxy groups -OCH3 is 1. The molecule has 96 valence electrons. The van der Waals surface area contributed by atoms with Crippen molar-refractivity contribution in [2.45, 2.75) is 51.0 Å². The molecule has 0 aromatic carbocycles. The lowest BCUT2D eigenvalue weighted by Crippen LogP contribution is -2.62. The summed E-state index contributed by atoms with van der Waals surface area (Å²) in [6.45, 7) is 1.81. The molecule has 3 unspecified atom stereocenters. The zero-order valence-electron chi connectivity index (χ0n) is 10.5. The molecule has 0 aliphatic heterocycles. The van der Waals surface area contributed by atoms with Crippen molar-refractivity contribution in [3.05, 3.63) is 0 Å². The van der Waals surface area contributed by atoms with Crippen LogP contribution in [0.3, 0.4) is 0 Å². The van der Waals surface area contributed by atoms with Crippen LogP contribution in [0, 0.1) is 11.3 Å². The third-order valence-corrected chi connectivity index (χ3v) is 4.76. The predicted octanol–water partition coefficient (Wildman–Crippen LogP) is 1.45. The van der Waals surface area contributed by atoms with Gasteiger partial charge < -0.3 is 9.84 Å². The van der Waals surface area contributed by atoms with Crippen molar-refractivity contribution in [2.24, 2.45) is 11.3 Å². The fourth-order valence-electron chi connectivity index (χ4n) is 3.58. The largest absolute Gasteiger partial charge is 0.469 e.